The van der Waals surface area contributed by atoms with E-state index in [1.807, 2.05) is 6.92 Å². The molecule has 0 aliphatic heterocycles. The lowest BCUT2D eigenvalue weighted by molar-refractivity contribution is -0.138. The van der Waals surface area contributed by atoms with Crippen LogP contribution in [0.2, 0.25) is 0 Å². The molecular weight excluding hydrogens is 158 g/mol. The van der Waals surface area contributed by atoms with Crippen molar-refractivity contribution in [2.24, 2.45) is 5.73 Å². The van der Waals surface area contributed by atoms with Crippen molar-refractivity contribution in [3.05, 3.63) is 18.0 Å². The lowest BCUT2D eigenvalue weighted by Crippen LogP contribution is -2.35. The molecule has 1 heterocycles. The fourth-order valence-corrected chi connectivity index (χ4v) is 0.854. The van der Waals surface area contributed by atoms with Gasteiger partial charge < -0.3 is 10.8 Å². The summed E-state index contributed by atoms with van der Waals surface area (Å²) < 4.78 is 1.57. The zero-order valence-electron chi connectivity index (χ0n) is 6.77. The number of carboxylic acids is 1. The van der Waals surface area contributed by atoms with E-state index in [1.54, 1.807) is 16.9 Å². The number of aliphatic carboxylic acids is 1. The Labute approximate surface area is 69.8 Å². The van der Waals surface area contributed by atoms with Gasteiger partial charge in [0.15, 0.2) is 0 Å². The fourth-order valence-electron chi connectivity index (χ4n) is 0.854. The van der Waals surface area contributed by atoms with E-state index in [0.29, 0.717) is 0 Å². The van der Waals surface area contributed by atoms with Crippen LogP contribution in [0.4, 0.5) is 0 Å². The summed E-state index contributed by atoms with van der Waals surface area (Å²) in [6.07, 6.45) is 1.61. The molecule has 66 valence electrons. The van der Waals surface area contributed by atoms with Gasteiger partial charge in [-0.15, -0.1) is 0 Å². The molecule has 5 heteroatoms. The third-order valence-electron chi connectivity index (χ3n) is 1.62. The maximum Gasteiger partial charge on any atom is 0.322 e. The average molecular weight is 169 g/mol. The van der Waals surface area contributed by atoms with Crippen LogP contribution in [0.3, 0.4) is 0 Å². The Morgan fingerprint density at radius 3 is 3.00 bits per heavy atom. The molecular formula is C7H11N3O2. The molecule has 1 unspecified atom stereocenters. The van der Waals surface area contributed by atoms with Crippen LogP contribution in [0.5, 0.6) is 0 Å². The van der Waals surface area contributed by atoms with Crippen molar-refractivity contribution in [3.63, 3.8) is 0 Å². The van der Waals surface area contributed by atoms with Gasteiger partial charge in [0.25, 0.3) is 0 Å². The molecule has 0 amide bonds. The topological polar surface area (TPSA) is 81.1 Å². The fraction of sp³-hybridized carbons (Fsp3) is 0.429. The predicted octanol–water partition coefficient (Wildman–Crippen LogP) is -0.397. The molecule has 0 radical (unpaired) electrons. The summed E-state index contributed by atoms with van der Waals surface area (Å²) in [7, 11) is 0. The SMILES string of the molecule is Cc1ccnn1CC(N)C(=O)O. The van der Waals surface area contributed by atoms with E-state index in [-0.39, 0.29) is 6.54 Å². The first-order valence-electron chi connectivity index (χ1n) is 3.58. The first-order chi connectivity index (χ1) is 5.61. The van der Waals surface area contributed by atoms with Gasteiger partial charge in [-0.2, -0.15) is 5.10 Å². The van der Waals surface area contributed by atoms with Gasteiger partial charge in [-0.1, -0.05) is 0 Å². The van der Waals surface area contributed by atoms with Crippen LogP contribution in [0.1, 0.15) is 5.69 Å². The third kappa shape index (κ3) is 1.82. The number of carbonyl (C=O) groups is 1. The lowest BCUT2D eigenvalue weighted by atomic mass is 10.3. The minimum absolute atomic E-state index is 0.216. The van der Waals surface area contributed by atoms with E-state index in [4.69, 9.17) is 10.8 Å². The number of hydrogen-bond donors (Lipinski definition) is 2. The zero-order valence-corrected chi connectivity index (χ0v) is 6.77. The van der Waals surface area contributed by atoms with Crippen LogP contribution >= 0.6 is 0 Å². The molecule has 0 saturated heterocycles. The zero-order chi connectivity index (χ0) is 9.14. The summed E-state index contributed by atoms with van der Waals surface area (Å²) in [5.74, 6) is -1.01. The second-order valence-electron chi connectivity index (χ2n) is 2.60. The Morgan fingerprint density at radius 1 is 1.92 bits per heavy atom. The molecule has 3 N–H and O–H groups in total. The van der Waals surface area contributed by atoms with Gasteiger partial charge in [0.1, 0.15) is 6.04 Å². The van der Waals surface area contributed by atoms with Crippen molar-refractivity contribution in [1.82, 2.24) is 9.78 Å². The van der Waals surface area contributed by atoms with E-state index >= 15 is 0 Å². The molecule has 0 aliphatic carbocycles. The Kier molecular flexibility index (Phi) is 2.44. The standard InChI is InChI=1S/C7H11N3O2/c1-5-2-3-9-10(5)4-6(8)7(11)12/h2-3,6H,4,8H2,1H3,(H,11,12). The highest BCUT2D eigenvalue weighted by Crippen LogP contribution is 1.96. The number of nitrogens with zero attached hydrogens (tertiary/aromatic N) is 2. The predicted molar refractivity (Wildman–Crippen MR) is 42.6 cm³/mol. The summed E-state index contributed by atoms with van der Waals surface area (Å²) in [5.41, 5.74) is 6.23. The molecule has 0 saturated carbocycles. The summed E-state index contributed by atoms with van der Waals surface area (Å²) in [5, 5.41) is 12.4. The van der Waals surface area contributed by atoms with Gasteiger partial charge in [-0.25, -0.2) is 0 Å². The summed E-state index contributed by atoms with van der Waals surface area (Å²) in [6.45, 7) is 2.07. The van der Waals surface area contributed by atoms with Crippen molar-refractivity contribution in [3.8, 4) is 0 Å². The Hall–Kier alpha value is -1.36. The van der Waals surface area contributed by atoms with Gasteiger partial charge in [0.05, 0.1) is 6.54 Å². The first-order valence-corrected chi connectivity index (χ1v) is 3.58. The number of nitrogens with two attached hydrogens (primary N) is 1. The Balaban J connectivity index is 2.64. The summed E-state index contributed by atoms with van der Waals surface area (Å²) in [6, 6.07) is 0.915. The second kappa shape index (κ2) is 3.36. The maximum atomic E-state index is 10.4. The van der Waals surface area contributed by atoms with Crippen LogP contribution in [-0.4, -0.2) is 26.9 Å². The highest BCUT2D eigenvalue weighted by molar-refractivity contribution is 5.72. The van der Waals surface area contributed by atoms with E-state index in [9.17, 15) is 4.79 Å². The van der Waals surface area contributed by atoms with E-state index in [2.05, 4.69) is 5.10 Å². The molecule has 1 aromatic rings. The molecule has 0 aliphatic rings. The number of aryl methyl sites for hydroxylation is 1. The van der Waals surface area contributed by atoms with Gasteiger partial charge in [-0.3, -0.25) is 9.48 Å². The van der Waals surface area contributed by atoms with Crippen LogP contribution in [-0.2, 0) is 11.3 Å². The van der Waals surface area contributed by atoms with E-state index in [0.717, 1.165) is 5.69 Å². The first kappa shape index (κ1) is 8.73. The highest BCUT2D eigenvalue weighted by Gasteiger charge is 2.12. The van der Waals surface area contributed by atoms with Gasteiger partial charge >= 0.3 is 5.97 Å². The summed E-state index contributed by atoms with van der Waals surface area (Å²) >= 11 is 0. The van der Waals surface area contributed by atoms with Crippen molar-refractivity contribution in [2.45, 2.75) is 19.5 Å². The monoisotopic (exact) mass is 169 g/mol. The van der Waals surface area contributed by atoms with Crippen molar-refractivity contribution in [1.29, 1.82) is 0 Å². The molecule has 0 aromatic carbocycles. The van der Waals surface area contributed by atoms with Crippen LogP contribution < -0.4 is 5.73 Å². The average Bonchev–Trinajstić information content (AvgIpc) is 2.36. The smallest absolute Gasteiger partial charge is 0.322 e. The number of carboxylic acid groups (broad SMARTS) is 1. The molecule has 0 bridgehead atoms. The van der Waals surface area contributed by atoms with Crippen molar-refractivity contribution in [2.75, 3.05) is 0 Å². The minimum atomic E-state index is -1.01. The third-order valence-corrected chi connectivity index (χ3v) is 1.62. The number of aromatic nitrogens is 2. The molecule has 1 aromatic heterocycles. The molecule has 1 rings (SSSR count). The Morgan fingerprint density at radius 2 is 2.58 bits per heavy atom. The molecule has 5 nitrogen and oxygen atoms in total. The van der Waals surface area contributed by atoms with Gasteiger partial charge in [0, 0.05) is 11.9 Å². The lowest BCUT2D eigenvalue weighted by Gasteiger charge is -2.07. The number of hydrogen-bond acceptors (Lipinski definition) is 3. The minimum Gasteiger partial charge on any atom is -0.480 e. The quantitative estimate of drug-likeness (QED) is 0.645. The molecule has 0 fully saturated rings. The summed E-state index contributed by atoms with van der Waals surface area (Å²) in [4.78, 5) is 10.4. The normalized spacial score (nSPS) is 12.8. The molecule has 12 heavy (non-hydrogen) atoms. The van der Waals surface area contributed by atoms with E-state index in [1.165, 1.54) is 0 Å². The number of rotatable bonds is 3. The Bertz CT molecular complexity index is 282. The molecule has 0 spiro atoms. The van der Waals surface area contributed by atoms with E-state index < -0.39 is 12.0 Å². The molecule has 1 atom stereocenters. The highest BCUT2D eigenvalue weighted by atomic mass is 16.4. The van der Waals surface area contributed by atoms with Crippen LogP contribution in [0.15, 0.2) is 12.3 Å². The van der Waals surface area contributed by atoms with Crippen LogP contribution in [0, 0.1) is 6.92 Å². The second-order valence-corrected chi connectivity index (χ2v) is 2.60. The van der Waals surface area contributed by atoms with Crippen molar-refractivity contribution < 1.29 is 9.90 Å². The largest absolute Gasteiger partial charge is 0.480 e. The van der Waals surface area contributed by atoms with Crippen LogP contribution in [0.25, 0.3) is 0 Å². The maximum absolute atomic E-state index is 10.4. The van der Waals surface area contributed by atoms with Gasteiger partial charge in [0.2, 0.25) is 0 Å². The van der Waals surface area contributed by atoms with Gasteiger partial charge in [-0.05, 0) is 13.0 Å². The van der Waals surface area contributed by atoms with Crippen molar-refractivity contribution >= 4 is 5.97 Å².